The summed E-state index contributed by atoms with van der Waals surface area (Å²) >= 11 is 3.36. The number of rotatable bonds is 3. The monoisotopic (exact) mass is 280 g/mol. The Hall–Kier alpha value is -1.47. The molecule has 0 aliphatic carbocycles. The van der Waals surface area contributed by atoms with Crippen molar-refractivity contribution in [2.24, 2.45) is 5.73 Å². The summed E-state index contributed by atoms with van der Waals surface area (Å²) in [5, 5.41) is 8.94. The standard InChI is InChI=1S/C12H13BrN2O/c1-3-8(7-14)12(15)10-5-4-9(13)6-11(10)16-2/h4-6H,3,15H2,1-2H3/b12-8-. The van der Waals surface area contributed by atoms with Crippen molar-refractivity contribution in [3.05, 3.63) is 33.8 Å². The smallest absolute Gasteiger partial charge is 0.129 e. The van der Waals surface area contributed by atoms with E-state index < -0.39 is 0 Å². The third kappa shape index (κ3) is 2.56. The predicted molar refractivity (Wildman–Crippen MR) is 67.7 cm³/mol. The molecule has 0 aliphatic heterocycles. The Morgan fingerprint density at radius 1 is 1.56 bits per heavy atom. The highest BCUT2D eigenvalue weighted by atomic mass is 79.9. The number of nitrogens with zero attached hydrogens (tertiary/aromatic N) is 1. The molecule has 2 N–H and O–H groups in total. The normalized spacial score (nSPS) is 11.6. The van der Waals surface area contributed by atoms with Crippen molar-refractivity contribution in [2.45, 2.75) is 13.3 Å². The summed E-state index contributed by atoms with van der Waals surface area (Å²) in [5.41, 5.74) is 7.75. The first-order valence-electron chi connectivity index (χ1n) is 4.86. The van der Waals surface area contributed by atoms with Crippen LogP contribution in [0.15, 0.2) is 28.2 Å². The third-order valence-electron chi connectivity index (χ3n) is 2.27. The molecule has 0 radical (unpaired) electrons. The molecule has 1 aromatic rings. The van der Waals surface area contributed by atoms with E-state index in [1.807, 2.05) is 25.1 Å². The van der Waals surface area contributed by atoms with Crippen LogP contribution in [0.4, 0.5) is 0 Å². The number of allylic oxidation sites excluding steroid dienone is 1. The number of halogens is 1. The first kappa shape index (κ1) is 12.6. The second kappa shape index (κ2) is 5.57. The number of hydrogen-bond donors (Lipinski definition) is 1. The van der Waals surface area contributed by atoms with E-state index in [1.165, 1.54) is 0 Å². The molecule has 0 saturated heterocycles. The molecule has 1 aromatic carbocycles. The fourth-order valence-electron chi connectivity index (χ4n) is 1.38. The summed E-state index contributed by atoms with van der Waals surface area (Å²) in [6.07, 6.45) is 0.613. The maximum Gasteiger partial charge on any atom is 0.129 e. The van der Waals surface area contributed by atoms with Gasteiger partial charge in [-0.15, -0.1) is 0 Å². The minimum Gasteiger partial charge on any atom is -0.496 e. The molecule has 0 bridgehead atoms. The maximum absolute atomic E-state index is 8.94. The van der Waals surface area contributed by atoms with E-state index in [-0.39, 0.29) is 0 Å². The summed E-state index contributed by atoms with van der Waals surface area (Å²) in [4.78, 5) is 0. The number of nitriles is 1. The largest absolute Gasteiger partial charge is 0.496 e. The molecule has 0 saturated carbocycles. The molecule has 0 unspecified atom stereocenters. The van der Waals surface area contributed by atoms with E-state index in [1.54, 1.807) is 7.11 Å². The van der Waals surface area contributed by atoms with Gasteiger partial charge in [-0.05, 0) is 24.6 Å². The van der Waals surface area contributed by atoms with Gasteiger partial charge in [-0.1, -0.05) is 22.9 Å². The summed E-state index contributed by atoms with van der Waals surface area (Å²) in [6.45, 7) is 1.90. The topological polar surface area (TPSA) is 59.0 Å². The summed E-state index contributed by atoms with van der Waals surface area (Å²) < 4.78 is 6.15. The number of ether oxygens (including phenoxy) is 1. The van der Waals surface area contributed by atoms with Gasteiger partial charge in [0.25, 0.3) is 0 Å². The molecular weight excluding hydrogens is 268 g/mol. The summed E-state index contributed by atoms with van der Waals surface area (Å²) in [5.74, 6) is 0.660. The lowest BCUT2D eigenvalue weighted by atomic mass is 10.1. The Balaban J connectivity index is 3.34. The third-order valence-corrected chi connectivity index (χ3v) is 2.76. The fraction of sp³-hybridized carbons (Fsp3) is 0.250. The Bertz CT molecular complexity index is 461. The van der Waals surface area contributed by atoms with E-state index in [0.29, 0.717) is 23.4 Å². The molecule has 4 heteroatoms. The molecule has 84 valence electrons. The van der Waals surface area contributed by atoms with Crippen LogP contribution in [0.3, 0.4) is 0 Å². The number of nitrogens with two attached hydrogens (primary N) is 1. The lowest BCUT2D eigenvalue weighted by Gasteiger charge is -2.10. The quantitative estimate of drug-likeness (QED) is 0.866. The van der Waals surface area contributed by atoms with E-state index >= 15 is 0 Å². The van der Waals surface area contributed by atoms with Gasteiger partial charge in [0.1, 0.15) is 5.75 Å². The van der Waals surface area contributed by atoms with Crippen LogP contribution in [0.1, 0.15) is 18.9 Å². The molecular formula is C12H13BrN2O. The average Bonchev–Trinajstić information content (AvgIpc) is 2.30. The van der Waals surface area contributed by atoms with Gasteiger partial charge in [0.05, 0.1) is 24.4 Å². The van der Waals surface area contributed by atoms with Crippen LogP contribution < -0.4 is 10.5 Å². The maximum atomic E-state index is 8.94. The molecule has 0 heterocycles. The van der Waals surface area contributed by atoms with Gasteiger partial charge >= 0.3 is 0 Å². The minimum absolute atomic E-state index is 0.481. The van der Waals surface area contributed by atoms with Crippen molar-refractivity contribution in [3.8, 4) is 11.8 Å². The Morgan fingerprint density at radius 2 is 2.25 bits per heavy atom. The zero-order chi connectivity index (χ0) is 12.1. The Morgan fingerprint density at radius 3 is 2.75 bits per heavy atom. The second-order valence-corrected chi connectivity index (χ2v) is 4.12. The predicted octanol–water partition coefficient (Wildman–Crippen LogP) is 3.06. The molecule has 0 atom stereocenters. The van der Waals surface area contributed by atoms with Crippen molar-refractivity contribution in [1.82, 2.24) is 0 Å². The Kier molecular flexibility index (Phi) is 4.39. The highest BCUT2D eigenvalue weighted by Crippen LogP contribution is 2.28. The molecule has 0 aliphatic rings. The molecule has 0 aromatic heterocycles. The zero-order valence-electron chi connectivity index (χ0n) is 9.25. The molecule has 0 spiro atoms. The highest BCUT2D eigenvalue weighted by molar-refractivity contribution is 9.10. The van der Waals surface area contributed by atoms with Gasteiger partial charge in [-0.3, -0.25) is 0 Å². The molecule has 0 amide bonds. The van der Waals surface area contributed by atoms with Crippen molar-refractivity contribution in [1.29, 1.82) is 5.26 Å². The van der Waals surface area contributed by atoms with Crippen LogP contribution >= 0.6 is 15.9 Å². The first-order valence-corrected chi connectivity index (χ1v) is 5.66. The van der Waals surface area contributed by atoms with Gasteiger partial charge < -0.3 is 10.5 Å². The van der Waals surface area contributed by atoms with Crippen molar-refractivity contribution < 1.29 is 4.74 Å². The van der Waals surface area contributed by atoms with E-state index in [0.717, 1.165) is 10.0 Å². The van der Waals surface area contributed by atoms with E-state index in [2.05, 4.69) is 22.0 Å². The van der Waals surface area contributed by atoms with Crippen LogP contribution in [0.25, 0.3) is 5.70 Å². The van der Waals surface area contributed by atoms with Gasteiger partial charge in [0.2, 0.25) is 0 Å². The zero-order valence-corrected chi connectivity index (χ0v) is 10.8. The lowest BCUT2D eigenvalue weighted by molar-refractivity contribution is 0.413. The van der Waals surface area contributed by atoms with Crippen LogP contribution in [-0.2, 0) is 0 Å². The van der Waals surface area contributed by atoms with Crippen LogP contribution in [0, 0.1) is 11.3 Å². The van der Waals surface area contributed by atoms with E-state index in [4.69, 9.17) is 15.7 Å². The fourth-order valence-corrected chi connectivity index (χ4v) is 1.72. The lowest BCUT2D eigenvalue weighted by Crippen LogP contribution is -2.02. The summed E-state index contributed by atoms with van der Waals surface area (Å²) in [6, 6.07) is 7.64. The van der Waals surface area contributed by atoms with Gasteiger partial charge in [-0.25, -0.2) is 0 Å². The first-order chi connectivity index (χ1) is 7.63. The van der Waals surface area contributed by atoms with E-state index in [9.17, 15) is 0 Å². The van der Waals surface area contributed by atoms with Gasteiger partial charge in [0.15, 0.2) is 0 Å². The van der Waals surface area contributed by atoms with Crippen molar-refractivity contribution >= 4 is 21.6 Å². The Labute approximate surface area is 104 Å². The van der Waals surface area contributed by atoms with Crippen LogP contribution in [0.2, 0.25) is 0 Å². The average molecular weight is 281 g/mol. The number of methoxy groups -OCH3 is 1. The van der Waals surface area contributed by atoms with Gasteiger partial charge in [0, 0.05) is 10.0 Å². The molecule has 3 nitrogen and oxygen atoms in total. The summed E-state index contributed by atoms with van der Waals surface area (Å²) in [7, 11) is 1.58. The van der Waals surface area contributed by atoms with Gasteiger partial charge in [-0.2, -0.15) is 5.26 Å². The van der Waals surface area contributed by atoms with Crippen molar-refractivity contribution in [3.63, 3.8) is 0 Å². The molecule has 1 rings (SSSR count). The minimum atomic E-state index is 0.481. The second-order valence-electron chi connectivity index (χ2n) is 3.20. The number of hydrogen-bond acceptors (Lipinski definition) is 3. The molecule has 0 fully saturated rings. The van der Waals surface area contributed by atoms with Crippen LogP contribution in [0.5, 0.6) is 5.75 Å². The highest BCUT2D eigenvalue weighted by Gasteiger charge is 2.10. The number of benzene rings is 1. The van der Waals surface area contributed by atoms with Crippen molar-refractivity contribution in [2.75, 3.05) is 7.11 Å². The molecule has 16 heavy (non-hydrogen) atoms. The van der Waals surface area contributed by atoms with Crippen LogP contribution in [-0.4, -0.2) is 7.11 Å². The SMILES string of the molecule is CC/C(C#N)=C(/N)c1ccc(Br)cc1OC.